The standard InChI is InChI=1S/C22H34O6/c1-8-13(4)19(24)27-15-11-21(7)18(28-21)17(26-14(5)23)20(6)9-10-22(25,12(2)3)16(15)20/h8,12,15-18,25H,9-11H2,1-7H3/b13-8-/t15-,16?,17+,18-,20?,21+,22+/m0/s1. The molecule has 3 aliphatic rings. The second-order valence-corrected chi connectivity index (χ2v) is 9.63. The van der Waals surface area contributed by atoms with Crippen LogP contribution < -0.4 is 0 Å². The number of aliphatic hydroxyl groups is 1. The predicted molar refractivity (Wildman–Crippen MR) is 103 cm³/mol. The summed E-state index contributed by atoms with van der Waals surface area (Å²) < 4.78 is 17.7. The van der Waals surface area contributed by atoms with Gasteiger partial charge in [-0.1, -0.05) is 26.8 Å². The summed E-state index contributed by atoms with van der Waals surface area (Å²) >= 11 is 0. The number of fused-ring (bicyclic) bond motifs is 2. The highest BCUT2D eigenvalue weighted by Crippen LogP contribution is 2.64. The molecular weight excluding hydrogens is 360 g/mol. The van der Waals surface area contributed by atoms with E-state index in [2.05, 4.69) is 0 Å². The number of carbonyl (C=O) groups is 2. The smallest absolute Gasteiger partial charge is 0.333 e. The van der Waals surface area contributed by atoms with Crippen molar-refractivity contribution in [3.63, 3.8) is 0 Å². The molecule has 6 heteroatoms. The van der Waals surface area contributed by atoms with Crippen molar-refractivity contribution in [2.75, 3.05) is 0 Å². The molecule has 1 N–H and O–H groups in total. The van der Waals surface area contributed by atoms with E-state index in [1.807, 2.05) is 27.7 Å². The molecule has 0 spiro atoms. The van der Waals surface area contributed by atoms with E-state index in [0.29, 0.717) is 24.8 Å². The van der Waals surface area contributed by atoms with Gasteiger partial charge in [-0.2, -0.15) is 0 Å². The van der Waals surface area contributed by atoms with Crippen LogP contribution in [0, 0.1) is 17.3 Å². The summed E-state index contributed by atoms with van der Waals surface area (Å²) in [5, 5.41) is 11.7. The quantitative estimate of drug-likeness (QED) is 0.448. The topological polar surface area (TPSA) is 85.4 Å². The van der Waals surface area contributed by atoms with Crippen LogP contribution in [-0.4, -0.2) is 46.6 Å². The summed E-state index contributed by atoms with van der Waals surface area (Å²) in [6, 6.07) is 0. The summed E-state index contributed by atoms with van der Waals surface area (Å²) in [7, 11) is 0. The Kier molecular flexibility index (Phi) is 5.20. The molecule has 1 heterocycles. The van der Waals surface area contributed by atoms with Gasteiger partial charge in [0.25, 0.3) is 0 Å². The second-order valence-electron chi connectivity index (χ2n) is 9.63. The number of ether oxygens (including phenoxy) is 3. The fraction of sp³-hybridized carbons (Fsp3) is 0.818. The number of carbonyl (C=O) groups excluding carboxylic acids is 2. The normalized spacial score (nSPS) is 45.1. The maximum absolute atomic E-state index is 12.6. The Hall–Kier alpha value is -1.40. The number of esters is 2. The van der Waals surface area contributed by atoms with Gasteiger partial charge < -0.3 is 19.3 Å². The van der Waals surface area contributed by atoms with E-state index in [-0.39, 0.29) is 29.9 Å². The van der Waals surface area contributed by atoms with Gasteiger partial charge in [0.1, 0.15) is 18.3 Å². The molecule has 28 heavy (non-hydrogen) atoms. The maximum Gasteiger partial charge on any atom is 0.333 e. The molecule has 0 aromatic heterocycles. The highest BCUT2D eigenvalue weighted by Gasteiger charge is 2.73. The zero-order chi connectivity index (χ0) is 21.1. The van der Waals surface area contributed by atoms with Crippen molar-refractivity contribution in [1.82, 2.24) is 0 Å². The molecule has 2 aliphatic carbocycles. The average Bonchev–Trinajstić information content (AvgIpc) is 3.17. The molecule has 0 aromatic carbocycles. The zero-order valence-electron chi connectivity index (χ0n) is 18.1. The maximum atomic E-state index is 12.6. The van der Waals surface area contributed by atoms with Gasteiger partial charge in [-0.15, -0.1) is 0 Å². The molecule has 3 fully saturated rings. The zero-order valence-corrected chi connectivity index (χ0v) is 18.1. The number of hydrogen-bond acceptors (Lipinski definition) is 6. The van der Waals surface area contributed by atoms with Gasteiger partial charge in [0.15, 0.2) is 0 Å². The Morgan fingerprint density at radius 3 is 2.36 bits per heavy atom. The van der Waals surface area contributed by atoms with Crippen LogP contribution in [-0.2, 0) is 23.8 Å². The lowest BCUT2D eigenvalue weighted by Crippen LogP contribution is -2.54. The van der Waals surface area contributed by atoms with Gasteiger partial charge in [0.2, 0.25) is 0 Å². The van der Waals surface area contributed by atoms with Crippen molar-refractivity contribution in [2.24, 2.45) is 17.3 Å². The van der Waals surface area contributed by atoms with Crippen molar-refractivity contribution < 1.29 is 28.9 Å². The Morgan fingerprint density at radius 1 is 1.18 bits per heavy atom. The summed E-state index contributed by atoms with van der Waals surface area (Å²) in [5.74, 6) is -1.10. The van der Waals surface area contributed by atoms with E-state index in [0.717, 1.165) is 0 Å². The number of hydrogen-bond donors (Lipinski definition) is 1. The molecule has 0 aromatic rings. The van der Waals surface area contributed by atoms with Crippen LogP contribution in [0.4, 0.5) is 0 Å². The first-order valence-corrected chi connectivity index (χ1v) is 10.3. The first-order chi connectivity index (χ1) is 12.9. The average molecular weight is 395 g/mol. The van der Waals surface area contributed by atoms with Gasteiger partial charge in [0, 0.05) is 30.3 Å². The molecule has 0 radical (unpaired) electrons. The van der Waals surface area contributed by atoms with Gasteiger partial charge in [0.05, 0.1) is 11.2 Å². The van der Waals surface area contributed by atoms with Crippen LogP contribution in [0.3, 0.4) is 0 Å². The van der Waals surface area contributed by atoms with Gasteiger partial charge in [-0.25, -0.2) is 4.79 Å². The number of rotatable bonds is 4. The molecule has 1 saturated heterocycles. The molecule has 1 aliphatic heterocycles. The largest absolute Gasteiger partial charge is 0.459 e. The first-order valence-electron chi connectivity index (χ1n) is 10.3. The Balaban J connectivity index is 2.07. The van der Waals surface area contributed by atoms with Crippen molar-refractivity contribution >= 4 is 11.9 Å². The van der Waals surface area contributed by atoms with Crippen molar-refractivity contribution in [2.45, 2.75) is 97.2 Å². The van der Waals surface area contributed by atoms with E-state index >= 15 is 0 Å². The minimum atomic E-state index is -1.00. The lowest BCUT2D eigenvalue weighted by atomic mass is 9.66. The molecule has 0 bridgehead atoms. The van der Waals surface area contributed by atoms with Crippen molar-refractivity contribution in [3.8, 4) is 0 Å². The Labute approximate surface area is 167 Å². The van der Waals surface area contributed by atoms with Crippen LogP contribution in [0.2, 0.25) is 0 Å². The lowest BCUT2D eigenvalue weighted by molar-refractivity contribution is -0.181. The van der Waals surface area contributed by atoms with E-state index < -0.39 is 28.8 Å². The molecule has 3 rings (SSSR count). The molecule has 6 nitrogen and oxygen atoms in total. The van der Waals surface area contributed by atoms with Crippen molar-refractivity contribution in [3.05, 3.63) is 11.6 Å². The van der Waals surface area contributed by atoms with Crippen LogP contribution in [0.5, 0.6) is 0 Å². The molecule has 158 valence electrons. The highest BCUT2D eigenvalue weighted by molar-refractivity contribution is 5.87. The van der Waals surface area contributed by atoms with Crippen LogP contribution in [0.15, 0.2) is 11.6 Å². The Morgan fingerprint density at radius 2 is 1.82 bits per heavy atom. The first kappa shape index (κ1) is 21.3. The number of allylic oxidation sites excluding steroid dienone is 1. The third kappa shape index (κ3) is 3.18. The molecule has 2 unspecified atom stereocenters. The van der Waals surface area contributed by atoms with Crippen LogP contribution in [0.25, 0.3) is 0 Å². The molecule has 0 amide bonds. The van der Waals surface area contributed by atoms with Gasteiger partial charge in [-0.05, 0) is 39.5 Å². The van der Waals surface area contributed by atoms with E-state index in [1.165, 1.54) is 6.92 Å². The molecule has 7 atom stereocenters. The third-order valence-electron chi connectivity index (χ3n) is 7.46. The number of epoxide rings is 1. The molecule has 2 saturated carbocycles. The van der Waals surface area contributed by atoms with Crippen LogP contribution in [0.1, 0.15) is 67.7 Å². The highest BCUT2D eigenvalue weighted by atomic mass is 16.6. The van der Waals surface area contributed by atoms with Crippen molar-refractivity contribution in [1.29, 1.82) is 0 Å². The van der Waals surface area contributed by atoms with Crippen LogP contribution >= 0.6 is 0 Å². The predicted octanol–water partition coefficient (Wildman–Crippen LogP) is 3.16. The second kappa shape index (κ2) is 6.84. The SMILES string of the molecule is C/C=C(/C)C(=O)O[C@H]1C[C@@]2(C)O[C@H]2[C@@H](OC(C)=O)C2(C)CC[C@@](O)(C(C)C)C12. The van der Waals surface area contributed by atoms with Gasteiger partial charge in [-0.3, -0.25) is 4.79 Å². The molecular formula is C22H34O6. The fourth-order valence-electron chi connectivity index (χ4n) is 5.56. The Bertz CT molecular complexity index is 699. The minimum absolute atomic E-state index is 0.0236. The van der Waals surface area contributed by atoms with E-state index in [1.54, 1.807) is 19.9 Å². The monoisotopic (exact) mass is 394 g/mol. The summed E-state index contributed by atoms with van der Waals surface area (Å²) in [5.41, 5.74) is -1.54. The third-order valence-corrected chi connectivity index (χ3v) is 7.46. The van der Waals surface area contributed by atoms with E-state index in [9.17, 15) is 14.7 Å². The lowest BCUT2D eigenvalue weighted by Gasteiger charge is -2.45. The summed E-state index contributed by atoms with van der Waals surface area (Å²) in [6.45, 7) is 12.9. The van der Waals surface area contributed by atoms with Gasteiger partial charge >= 0.3 is 11.9 Å². The van der Waals surface area contributed by atoms with E-state index in [4.69, 9.17) is 14.2 Å². The fourth-order valence-corrected chi connectivity index (χ4v) is 5.56. The summed E-state index contributed by atoms with van der Waals surface area (Å²) in [4.78, 5) is 24.5. The summed E-state index contributed by atoms with van der Waals surface area (Å²) in [6.07, 6.45) is 2.22. The minimum Gasteiger partial charge on any atom is -0.459 e.